The second kappa shape index (κ2) is 5.91. The van der Waals surface area contributed by atoms with Crippen molar-refractivity contribution in [1.82, 2.24) is 9.55 Å². The van der Waals surface area contributed by atoms with Gasteiger partial charge in [0.25, 0.3) is 0 Å². The average molecular weight is 264 g/mol. The lowest BCUT2D eigenvalue weighted by molar-refractivity contribution is 0.687. The van der Waals surface area contributed by atoms with Crippen LogP contribution in [0, 0.1) is 0 Å². The number of hydrogen-bond donors (Lipinski definition) is 0. The van der Waals surface area contributed by atoms with Gasteiger partial charge < -0.3 is 4.57 Å². The van der Waals surface area contributed by atoms with Crippen molar-refractivity contribution < 1.29 is 0 Å². The minimum absolute atomic E-state index is 1.05. The van der Waals surface area contributed by atoms with Gasteiger partial charge in [-0.1, -0.05) is 42.5 Å². The van der Waals surface area contributed by atoms with E-state index < -0.39 is 0 Å². The van der Waals surface area contributed by atoms with Crippen LogP contribution in [0.15, 0.2) is 54.6 Å². The van der Waals surface area contributed by atoms with Crippen LogP contribution >= 0.6 is 0 Å². The maximum atomic E-state index is 4.72. The van der Waals surface area contributed by atoms with Crippen molar-refractivity contribution in [2.24, 2.45) is 7.05 Å². The molecule has 3 rings (SSSR count). The molecule has 1 heterocycles. The Labute approximate surface area is 120 Å². The van der Waals surface area contributed by atoms with Crippen LogP contribution in [0.2, 0.25) is 0 Å². The molecule has 0 saturated carbocycles. The van der Waals surface area contributed by atoms with Gasteiger partial charge in [-0.15, -0.1) is 0 Å². The summed E-state index contributed by atoms with van der Waals surface area (Å²) in [6, 6.07) is 19.0. The predicted molar refractivity (Wildman–Crippen MR) is 83.8 cm³/mol. The first-order chi connectivity index (χ1) is 9.84. The fraction of sp³-hybridized carbons (Fsp3) is 0.278. The number of hydrogen-bond acceptors (Lipinski definition) is 1. The summed E-state index contributed by atoms with van der Waals surface area (Å²) in [4.78, 5) is 4.72. The van der Waals surface area contributed by atoms with Gasteiger partial charge in [-0.3, -0.25) is 0 Å². The average Bonchev–Trinajstić information content (AvgIpc) is 2.82. The second-order valence-corrected chi connectivity index (χ2v) is 5.27. The zero-order chi connectivity index (χ0) is 13.8. The summed E-state index contributed by atoms with van der Waals surface area (Å²) in [5, 5.41) is 0. The number of aryl methyl sites for hydroxylation is 3. The molecule has 0 bridgehead atoms. The first kappa shape index (κ1) is 12.9. The van der Waals surface area contributed by atoms with E-state index in [4.69, 9.17) is 4.98 Å². The van der Waals surface area contributed by atoms with Gasteiger partial charge in [-0.05, 0) is 37.0 Å². The number of para-hydroxylation sites is 2. The smallest absolute Gasteiger partial charge is 0.109 e. The third-order valence-electron chi connectivity index (χ3n) is 3.84. The van der Waals surface area contributed by atoms with Crippen LogP contribution in [0.25, 0.3) is 11.0 Å². The molecule has 20 heavy (non-hydrogen) atoms. The van der Waals surface area contributed by atoms with Gasteiger partial charge in [-0.25, -0.2) is 4.98 Å². The van der Waals surface area contributed by atoms with Crippen molar-refractivity contribution >= 4 is 11.0 Å². The van der Waals surface area contributed by atoms with Crippen LogP contribution in [0.1, 0.15) is 24.2 Å². The summed E-state index contributed by atoms with van der Waals surface area (Å²) in [5.41, 5.74) is 3.76. The van der Waals surface area contributed by atoms with Crippen LogP contribution in [0.4, 0.5) is 0 Å². The van der Waals surface area contributed by atoms with E-state index in [2.05, 4.69) is 66.2 Å². The molecule has 0 radical (unpaired) electrons. The maximum Gasteiger partial charge on any atom is 0.109 e. The predicted octanol–water partition coefficient (Wildman–Crippen LogP) is 4.14. The van der Waals surface area contributed by atoms with E-state index in [1.807, 2.05) is 0 Å². The van der Waals surface area contributed by atoms with Crippen molar-refractivity contribution in [3.05, 3.63) is 66.0 Å². The van der Waals surface area contributed by atoms with Crippen molar-refractivity contribution in [3.8, 4) is 0 Å². The SMILES string of the molecule is Cn1c(CCCCc2ccccc2)nc2ccccc21. The fourth-order valence-electron chi connectivity index (χ4n) is 2.68. The van der Waals surface area contributed by atoms with Gasteiger partial charge in [0.05, 0.1) is 11.0 Å². The van der Waals surface area contributed by atoms with E-state index in [9.17, 15) is 0 Å². The summed E-state index contributed by atoms with van der Waals surface area (Å²) >= 11 is 0. The Bertz CT molecular complexity index is 683. The lowest BCUT2D eigenvalue weighted by atomic mass is 10.1. The van der Waals surface area contributed by atoms with Gasteiger partial charge in [0.1, 0.15) is 5.82 Å². The molecular formula is C18H20N2. The van der Waals surface area contributed by atoms with Crippen molar-refractivity contribution in [2.75, 3.05) is 0 Å². The van der Waals surface area contributed by atoms with E-state index in [0.29, 0.717) is 0 Å². The number of aromatic nitrogens is 2. The molecule has 0 saturated heterocycles. The summed E-state index contributed by atoms with van der Waals surface area (Å²) in [6.07, 6.45) is 4.61. The molecule has 3 aromatic rings. The monoisotopic (exact) mass is 264 g/mol. The van der Waals surface area contributed by atoms with Crippen LogP contribution < -0.4 is 0 Å². The number of unbranched alkanes of at least 4 members (excludes halogenated alkanes) is 1. The van der Waals surface area contributed by atoms with Gasteiger partial charge in [-0.2, -0.15) is 0 Å². The third-order valence-corrected chi connectivity index (χ3v) is 3.84. The van der Waals surface area contributed by atoms with Gasteiger partial charge >= 0.3 is 0 Å². The summed E-state index contributed by atoms with van der Waals surface area (Å²) in [6.45, 7) is 0. The van der Waals surface area contributed by atoms with Gasteiger partial charge in [0.15, 0.2) is 0 Å². The topological polar surface area (TPSA) is 17.8 Å². The van der Waals surface area contributed by atoms with Crippen molar-refractivity contribution in [1.29, 1.82) is 0 Å². The largest absolute Gasteiger partial charge is 0.331 e. The molecular weight excluding hydrogens is 244 g/mol. The quantitative estimate of drug-likeness (QED) is 0.633. The standard InChI is InChI=1S/C18H20N2/c1-20-17-13-7-6-12-16(17)19-18(20)14-8-5-11-15-9-3-2-4-10-15/h2-4,6-7,9-10,12-13H,5,8,11,14H2,1H3. The highest BCUT2D eigenvalue weighted by Crippen LogP contribution is 2.16. The third kappa shape index (κ3) is 2.74. The van der Waals surface area contributed by atoms with E-state index in [1.165, 1.54) is 29.7 Å². The van der Waals surface area contributed by atoms with E-state index in [0.717, 1.165) is 18.4 Å². The van der Waals surface area contributed by atoms with Gasteiger partial charge in [0, 0.05) is 13.5 Å². The zero-order valence-electron chi connectivity index (χ0n) is 11.9. The Hall–Kier alpha value is -2.09. The Kier molecular flexibility index (Phi) is 3.82. The molecule has 0 aliphatic heterocycles. The zero-order valence-corrected chi connectivity index (χ0v) is 11.9. The molecule has 0 atom stereocenters. The number of benzene rings is 2. The van der Waals surface area contributed by atoms with Gasteiger partial charge in [0.2, 0.25) is 0 Å². The Morgan fingerprint density at radius 2 is 1.55 bits per heavy atom. The lowest BCUT2D eigenvalue weighted by Crippen LogP contribution is -1.98. The highest BCUT2D eigenvalue weighted by atomic mass is 15.1. The van der Waals surface area contributed by atoms with Crippen LogP contribution in [-0.2, 0) is 19.9 Å². The molecule has 0 unspecified atom stereocenters. The summed E-state index contributed by atoms with van der Waals surface area (Å²) in [5.74, 6) is 1.19. The van der Waals surface area contributed by atoms with E-state index in [1.54, 1.807) is 0 Å². The molecule has 0 aliphatic carbocycles. The van der Waals surface area contributed by atoms with Crippen LogP contribution in [0.3, 0.4) is 0 Å². The molecule has 2 heteroatoms. The summed E-state index contributed by atoms with van der Waals surface area (Å²) in [7, 11) is 2.11. The van der Waals surface area contributed by atoms with Crippen molar-refractivity contribution in [2.45, 2.75) is 25.7 Å². The Morgan fingerprint density at radius 1 is 0.850 bits per heavy atom. The van der Waals surface area contributed by atoms with Crippen LogP contribution in [-0.4, -0.2) is 9.55 Å². The fourth-order valence-corrected chi connectivity index (χ4v) is 2.68. The molecule has 0 amide bonds. The highest BCUT2D eigenvalue weighted by Gasteiger charge is 2.06. The molecule has 2 aromatic carbocycles. The summed E-state index contributed by atoms with van der Waals surface area (Å²) < 4.78 is 2.22. The first-order valence-corrected chi connectivity index (χ1v) is 7.29. The number of fused-ring (bicyclic) bond motifs is 1. The minimum atomic E-state index is 1.05. The minimum Gasteiger partial charge on any atom is -0.331 e. The molecule has 0 N–H and O–H groups in total. The highest BCUT2D eigenvalue weighted by molar-refractivity contribution is 5.75. The lowest BCUT2D eigenvalue weighted by Gasteiger charge is -2.03. The molecule has 1 aromatic heterocycles. The molecule has 102 valence electrons. The number of nitrogens with zero attached hydrogens (tertiary/aromatic N) is 2. The first-order valence-electron chi connectivity index (χ1n) is 7.29. The van der Waals surface area contributed by atoms with E-state index in [-0.39, 0.29) is 0 Å². The second-order valence-electron chi connectivity index (χ2n) is 5.27. The molecule has 2 nitrogen and oxygen atoms in total. The molecule has 0 spiro atoms. The van der Waals surface area contributed by atoms with E-state index >= 15 is 0 Å². The molecule has 0 fully saturated rings. The normalized spacial score (nSPS) is 11.1. The maximum absolute atomic E-state index is 4.72. The number of rotatable bonds is 5. The Morgan fingerprint density at radius 3 is 2.35 bits per heavy atom. The number of imidazole rings is 1. The van der Waals surface area contributed by atoms with Crippen molar-refractivity contribution in [3.63, 3.8) is 0 Å². The molecule has 0 aliphatic rings. The van der Waals surface area contributed by atoms with Crippen LogP contribution in [0.5, 0.6) is 0 Å². The Balaban J connectivity index is 1.59.